The topological polar surface area (TPSA) is 57.7 Å². The monoisotopic (exact) mass is 394 g/mol. The van der Waals surface area contributed by atoms with Crippen molar-refractivity contribution in [2.24, 2.45) is 0 Å². The molecule has 0 radical (unpaired) electrons. The second kappa shape index (κ2) is 8.05. The Hall–Kier alpha value is -3.19. The summed E-state index contributed by atoms with van der Waals surface area (Å²) in [6.45, 7) is 2.07. The number of amides is 1. The number of benzene rings is 2. The molecule has 0 unspecified atom stereocenters. The number of aromatic nitrogens is 1. The van der Waals surface area contributed by atoms with E-state index in [1.807, 2.05) is 43.3 Å². The number of carbonyl (C=O) groups excluding carboxylic acids is 1. The quantitative estimate of drug-likeness (QED) is 0.732. The van der Waals surface area contributed by atoms with E-state index in [4.69, 9.17) is 4.74 Å². The average molecular weight is 394 g/mol. The predicted octanol–water partition coefficient (Wildman–Crippen LogP) is 3.66. The molecule has 3 aromatic rings. The zero-order chi connectivity index (χ0) is 20.4. The number of anilines is 3. The van der Waals surface area contributed by atoms with Crippen LogP contribution in [-0.2, 0) is 4.74 Å². The minimum absolute atomic E-state index is 0.139. The van der Waals surface area contributed by atoms with Gasteiger partial charge in [0.15, 0.2) is 0 Å². The van der Waals surface area contributed by atoms with Gasteiger partial charge in [0.1, 0.15) is 5.82 Å². The summed E-state index contributed by atoms with van der Waals surface area (Å²) in [5, 5.41) is 3.90. The summed E-state index contributed by atoms with van der Waals surface area (Å²) in [6, 6.07) is 12.2. The van der Waals surface area contributed by atoms with Crippen molar-refractivity contribution in [1.29, 1.82) is 0 Å². The molecule has 1 aliphatic rings. The molecule has 0 atom stereocenters. The number of nitrogens with zero attached hydrogens (tertiary/aromatic N) is 3. The first-order chi connectivity index (χ1) is 14.0. The van der Waals surface area contributed by atoms with Crippen molar-refractivity contribution in [3.05, 3.63) is 60.0 Å². The third kappa shape index (κ3) is 4.00. The first-order valence-corrected chi connectivity index (χ1v) is 9.52. The van der Waals surface area contributed by atoms with E-state index in [-0.39, 0.29) is 11.7 Å². The van der Waals surface area contributed by atoms with Gasteiger partial charge >= 0.3 is 0 Å². The molecule has 1 fully saturated rings. The zero-order valence-corrected chi connectivity index (χ0v) is 16.5. The molecule has 29 heavy (non-hydrogen) atoms. The van der Waals surface area contributed by atoms with Gasteiger partial charge in [-0.3, -0.25) is 9.78 Å². The zero-order valence-electron chi connectivity index (χ0n) is 16.5. The lowest BCUT2D eigenvalue weighted by atomic mass is 10.1. The molecule has 1 saturated heterocycles. The van der Waals surface area contributed by atoms with Crippen LogP contribution < -0.4 is 10.2 Å². The van der Waals surface area contributed by atoms with Gasteiger partial charge in [-0.25, -0.2) is 4.39 Å². The third-order valence-corrected chi connectivity index (χ3v) is 5.01. The van der Waals surface area contributed by atoms with Crippen LogP contribution in [0.5, 0.6) is 0 Å². The highest BCUT2D eigenvalue weighted by Crippen LogP contribution is 2.31. The van der Waals surface area contributed by atoms with E-state index >= 15 is 0 Å². The van der Waals surface area contributed by atoms with Gasteiger partial charge in [0.25, 0.3) is 5.91 Å². The smallest absolute Gasteiger partial charge is 0.257 e. The number of pyridine rings is 1. The summed E-state index contributed by atoms with van der Waals surface area (Å²) >= 11 is 0. The SMILES string of the molecule is CN(C)c1ccc(Nc2c(C(=O)N3CCOCC3)cnc3ccc(F)cc23)cc1. The third-order valence-electron chi connectivity index (χ3n) is 5.01. The standard InChI is InChI=1S/C22H23FN4O2/c1-26(2)17-6-4-16(5-7-17)25-21-18-13-15(23)3-8-20(18)24-14-19(21)22(28)27-9-11-29-12-10-27/h3-8,13-14H,9-12H2,1-2H3,(H,24,25). The maximum absolute atomic E-state index is 14.0. The van der Waals surface area contributed by atoms with Crippen LogP contribution in [0.2, 0.25) is 0 Å². The summed E-state index contributed by atoms with van der Waals surface area (Å²) in [5.41, 5.74) is 3.47. The molecule has 7 heteroatoms. The van der Waals surface area contributed by atoms with Crippen LogP contribution in [0.4, 0.5) is 21.5 Å². The second-order valence-electron chi connectivity index (χ2n) is 7.18. The van der Waals surface area contributed by atoms with Crippen LogP contribution >= 0.6 is 0 Å². The van der Waals surface area contributed by atoms with Crippen LogP contribution in [0.15, 0.2) is 48.7 Å². The lowest BCUT2D eigenvalue weighted by Gasteiger charge is -2.28. The van der Waals surface area contributed by atoms with E-state index in [0.29, 0.717) is 48.5 Å². The van der Waals surface area contributed by atoms with Crippen LogP contribution in [0.3, 0.4) is 0 Å². The number of hydrogen-bond acceptors (Lipinski definition) is 5. The van der Waals surface area contributed by atoms with Crippen molar-refractivity contribution in [3.63, 3.8) is 0 Å². The summed E-state index contributed by atoms with van der Waals surface area (Å²) < 4.78 is 19.4. The van der Waals surface area contributed by atoms with Gasteiger partial charge in [0, 0.05) is 50.1 Å². The van der Waals surface area contributed by atoms with E-state index < -0.39 is 0 Å². The Kier molecular flexibility index (Phi) is 5.31. The molecule has 1 N–H and O–H groups in total. The fraction of sp³-hybridized carbons (Fsp3) is 0.273. The minimum Gasteiger partial charge on any atom is -0.378 e. The summed E-state index contributed by atoms with van der Waals surface area (Å²) in [5.74, 6) is -0.513. The fourth-order valence-electron chi connectivity index (χ4n) is 3.39. The van der Waals surface area contributed by atoms with Gasteiger partial charge in [-0.05, 0) is 42.5 Å². The Morgan fingerprint density at radius 1 is 1.14 bits per heavy atom. The highest BCUT2D eigenvalue weighted by molar-refractivity contribution is 6.08. The normalized spacial score (nSPS) is 14.1. The van der Waals surface area contributed by atoms with Crippen molar-refractivity contribution in [2.75, 3.05) is 50.6 Å². The maximum Gasteiger partial charge on any atom is 0.257 e. The number of carbonyl (C=O) groups is 1. The molecule has 0 bridgehead atoms. The Bertz CT molecular complexity index is 1030. The van der Waals surface area contributed by atoms with E-state index in [2.05, 4.69) is 10.3 Å². The van der Waals surface area contributed by atoms with Crippen LogP contribution in [0.1, 0.15) is 10.4 Å². The van der Waals surface area contributed by atoms with Crippen molar-refractivity contribution in [3.8, 4) is 0 Å². The van der Waals surface area contributed by atoms with Crippen molar-refractivity contribution in [1.82, 2.24) is 9.88 Å². The molecule has 0 aliphatic carbocycles. The lowest BCUT2D eigenvalue weighted by molar-refractivity contribution is 0.0303. The largest absolute Gasteiger partial charge is 0.378 e. The molecule has 6 nitrogen and oxygen atoms in total. The minimum atomic E-state index is -0.374. The molecule has 2 heterocycles. The molecule has 2 aromatic carbocycles. The van der Waals surface area contributed by atoms with Crippen LogP contribution in [0.25, 0.3) is 10.9 Å². The molecule has 1 amide bonds. The first-order valence-electron chi connectivity index (χ1n) is 9.52. The molecule has 1 aliphatic heterocycles. The van der Waals surface area contributed by atoms with E-state index in [1.165, 1.54) is 12.1 Å². The van der Waals surface area contributed by atoms with Crippen LogP contribution in [-0.4, -0.2) is 56.2 Å². The van der Waals surface area contributed by atoms with E-state index in [0.717, 1.165) is 11.4 Å². The number of fused-ring (bicyclic) bond motifs is 1. The summed E-state index contributed by atoms with van der Waals surface area (Å²) in [7, 11) is 3.95. The molecular formula is C22H23FN4O2. The van der Waals surface area contributed by atoms with Gasteiger partial charge in [-0.1, -0.05) is 0 Å². The molecule has 0 saturated carbocycles. The number of morpholine rings is 1. The molecule has 0 spiro atoms. The highest BCUT2D eigenvalue weighted by Gasteiger charge is 2.23. The molecular weight excluding hydrogens is 371 g/mol. The number of halogens is 1. The summed E-state index contributed by atoms with van der Waals surface area (Å²) in [4.78, 5) is 21.3. The molecule has 1 aromatic heterocycles. The van der Waals surface area contributed by atoms with E-state index in [9.17, 15) is 9.18 Å². The van der Waals surface area contributed by atoms with Crippen LogP contribution in [0, 0.1) is 5.82 Å². The van der Waals surface area contributed by atoms with Gasteiger partial charge < -0.3 is 19.9 Å². The fourth-order valence-corrected chi connectivity index (χ4v) is 3.39. The maximum atomic E-state index is 14.0. The summed E-state index contributed by atoms with van der Waals surface area (Å²) in [6.07, 6.45) is 1.56. The van der Waals surface area contributed by atoms with Gasteiger partial charge in [0.2, 0.25) is 0 Å². The first kappa shape index (κ1) is 19.1. The Balaban J connectivity index is 1.77. The highest BCUT2D eigenvalue weighted by atomic mass is 19.1. The Labute approximate surface area is 168 Å². The van der Waals surface area contributed by atoms with Gasteiger partial charge in [-0.2, -0.15) is 0 Å². The van der Waals surface area contributed by atoms with E-state index in [1.54, 1.807) is 17.2 Å². The Morgan fingerprint density at radius 3 is 2.55 bits per heavy atom. The number of rotatable bonds is 4. The average Bonchev–Trinajstić information content (AvgIpc) is 2.74. The second-order valence-corrected chi connectivity index (χ2v) is 7.18. The molecule has 4 rings (SSSR count). The van der Waals surface area contributed by atoms with Crippen molar-refractivity contribution in [2.45, 2.75) is 0 Å². The number of ether oxygens (including phenoxy) is 1. The number of hydrogen-bond donors (Lipinski definition) is 1. The van der Waals surface area contributed by atoms with Gasteiger partial charge in [0.05, 0.1) is 30.0 Å². The van der Waals surface area contributed by atoms with Gasteiger partial charge in [-0.15, -0.1) is 0 Å². The molecule has 150 valence electrons. The Morgan fingerprint density at radius 2 is 1.86 bits per heavy atom. The predicted molar refractivity (Wildman–Crippen MR) is 112 cm³/mol. The van der Waals surface area contributed by atoms with Crippen molar-refractivity contribution >= 4 is 33.9 Å². The lowest BCUT2D eigenvalue weighted by Crippen LogP contribution is -2.41. The van der Waals surface area contributed by atoms with Crippen molar-refractivity contribution < 1.29 is 13.9 Å². The number of nitrogens with one attached hydrogen (secondary N) is 1.